The molecule has 5 N–H and O–H groups in total. The molecule has 0 saturated heterocycles. The zero-order valence-electron chi connectivity index (χ0n) is 17.2. The Hall–Kier alpha value is -4.64. The van der Waals surface area contributed by atoms with Crippen molar-refractivity contribution in [3.8, 4) is 5.69 Å². The Morgan fingerprint density at radius 1 is 1.09 bits per heavy atom. The lowest BCUT2D eigenvalue weighted by Gasteiger charge is -2.09. The van der Waals surface area contributed by atoms with Crippen molar-refractivity contribution in [2.24, 2.45) is 0 Å². The molecule has 4 aromatic rings. The summed E-state index contributed by atoms with van der Waals surface area (Å²) in [4.78, 5) is 52.6. The second-order valence-corrected chi connectivity index (χ2v) is 7.57. The first-order valence-corrected chi connectivity index (χ1v) is 10.1. The van der Waals surface area contributed by atoms with Gasteiger partial charge in [-0.2, -0.15) is 0 Å². The predicted molar refractivity (Wildman–Crippen MR) is 123 cm³/mol. The molecule has 0 fully saturated rings. The van der Waals surface area contributed by atoms with Crippen LogP contribution in [0.4, 0.5) is 10.5 Å². The van der Waals surface area contributed by atoms with Crippen molar-refractivity contribution < 1.29 is 24.6 Å². The molecule has 2 heterocycles. The summed E-state index contributed by atoms with van der Waals surface area (Å²) in [5.41, 5.74) is 0.691. The maximum absolute atomic E-state index is 12.2. The standard InChI is InChI=1S/C22H16ClN5O6/c23-14-7-15-16(26-18(21(32)33)19(29)27-15)8-17(14)28-5-4-11(10-28)9-24-22(34)25-13-3-1-2-12(6-13)20(30)31/h1-8,10H,9H2,(H,27,29)(H,30,31)(H,32,33)(H2,24,25,34). The Bertz CT molecular complexity index is 1510. The van der Waals surface area contributed by atoms with E-state index in [0.717, 1.165) is 5.56 Å². The molecule has 2 aromatic carbocycles. The first kappa shape index (κ1) is 22.6. The Morgan fingerprint density at radius 2 is 1.88 bits per heavy atom. The minimum absolute atomic E-state index is 0.0520. The van der Waals surface area contributed by atoms with Crippen LogP contribution in [0, 0.1) is 0 Å². The number of aromatic amines is 1. The van der Waals surface area contributed by atoms with E-state index in [4.69, 9.17) is 21.8 Å². The van der Waals surface area contributed by atoms with Crippen LogP contribution in [0.2, 0.25) is 5.02 Å². The molecule has 0 aliphatic carbocycles. The van der Waals surface area contributed by atoms with Gasteiger partial charge in [-0.1, -0.05) is 17.7 Å². The van der Waals surface area contributed by atoms with Gasteiger partial charge in [0.15, 0.2) is 0 Å². The van der Waals surface area contributed by atoms with Crippen molar-refractivity contribution in [3.05, 3.63) is 87.1 Å². The molecule has 0 bridgehead atoms. The van der Waals surface area contributed by atoms with Gasteiger partial charge in [0, 0.05) is 24.6 Å². The number of carbonyl (C=O) groups is 3. The molecular formula is C22H16ClN5O6. The molecule has 0 unspecified atom stereocenters. The molecule has 34 heavy (non-hydrogen) atoms. The van der Waals surface area contributed by atoms with Gasteiger partial charge in [0.25, 0.3) is 5.56 Å². The van der Waals surface area contributed by atoms with E-state index in [9.17, 15) is 19.2 Å². The number of aromatic carboxylic acids is 2. The quantitative estimate of drug-likeness (QED) is 0.282. The van der Waals surface area contributed by atoms with E-state index in [0.29, 0.717) is 21.9 Å². The molecule has 0 saturated carbocycles. The van der Waals surface area contributed by atoms with Crippen LogP contribution in [0.5, 0.6) is 0 Å². The molecule has 0 radical (unpaired) electrons. The lowest BCUT2D eigenvalue weighted by atomic mass is 10.2. The van der Waals surface area contributed by atoms with E-state index in [2.05, 4.69) is 20.6 Å². The van der Waals surface area contributed by atoms with Gasteiger partial charge in [-0.05, 0) is 42.0 Å². The fourth-order valence-corrected chi connectivity index (χ4v) is 3.48. The maximum Gasteiger partial charge on any atom is 0.360 e. The van der Waals surface area contributed by atoms with Crippen molar-refractivity contribution in [1.82, 2.24) is 19.9 Å². The highest BCUT2D eigenvalue weighted by atomic mass is 35.5. The van der Waals surface area contributed by atoms with Crippen molar-refractivity contribution >= 4 is 46.3 Å². The number of nitrogens with zero attached hydrogens (tertiary/aromatic N) is 2. The zero-order valence-corrected chi connectivity index (χ0v) is 18.0. The third-order valence-electron chi connectivity index (χ3n) is 4.82. The topological polar surface area (TPSA) is 166 Å². The first-order chi connectivity index (χ1) is 16.2. The Kier molecular flexibility index (Phi) is 6.02. The van der Waals surface area contributed by atoms with Gasteiger partial charge in [0.05, 0.1) is 27.3 Å². The lowest BCUT2D eigenvalue weighted by Crippen LogP contribution is -2.28. The number of carbonyl (C=O) groups excluding carboxylic acids is 1. The fourth-order valence-electron chi connectivity index (χ4n) is 3.22. The Labute approximate surface area is 195 Å². The van der Waals surface area contributed by atoms with E-state index in [-0.39, 0.29) is 17.6 Å². The summed E-state index contributed by atoms with van der Waals surface area (Å²) in [6, 6.07) is 10.1. The summed E-state index contributed by atoms with van der Waals surface area (Å²) in [7, 11) is 0. The van der Waals surface area contributed by atoms with Crippen LogP contribution in [0.3, 0.4) is 0 Å². The maximum atomic E-state index is 12.2. The summed E-state index contributed by atoms with van der Waals surface area (Å²) in [5.74, 6) is -2.54. The first-order valence-electron chi connectivity index (χ1n) is 9.73. The van der Waals surface area contributed by atoms with Crippen molar-refractivity contribution in [1.29, 1.82) is 0 Å². The number of urea groups is 1. The van der Waals surface area contributed by atoms with Gasteiger partial charge < -0.3 is 30.4 Å². The number of fused-ring (bicyclic) bond motifs is 1. The lowest BCUT2D eigenvalue weighted by molar-refractivity contribution is 0.0681. The fraction of sp³-hybridized carbons (Fsp3) is 0.0455. The van der Waals surface area contributed by atoms with Crippen LogP contribution in [-0.2, 0) is 6.54 Å². The average Bonchev–Trinajstić information content (AvgIpc) is 3.25. The van der Waals surface area contributed by atoms with Crippen LogP contribution >= 0.6 is 11.6 Å². The Balaban J connectivity index is 1.49. The predicted octanol–water partition coefficient (Wildman–Crippen LogP) is 3.09. The molecule has 4 rings (SSSR count). The molecule has 11 nitrogen and oxygen atoms in total. The van der Waals surface area contributed by atoms with Crippen LogP contribution in [-0.4, -0.2) is 42.7 Å². The van der Waals surface area contributed by atoms with Crippen molar-refractivity contribution in [2.75, 3.05) is 5.32 Å². The van der Waals surface area contributed by atoms with Crippen molar-refractivity contribution in [2.45, 2.75) is 6.54 Å². The second kappa shape index (κ2) is 9.08. The van der Waals surface area contributed by atoms with Crippen LogP contribution in [0.15, 0.2) is 59.7 Å². The highest BCUT2D eigenvalue weighted by molar-refractivity contribution is 6.33. The largest absolute Gasteiger partial charge is 0.478 e. The third kappa shape index (κ3) is 4.74. The van der Waals surface area contributed by atoms with Gasteiger partial charge in [-0.3, -0.25) is 4.79 Å². The monoisotopic (exact) mass is 481 g/mol. The molecule has 2 amide bonds. The van der Waals surface area contributed by atoms with Crippen LogP contribution in [0.1, 0.15) is 26.4 Å². The number of nitrogens with one attached hydrogen (secondary N) is 3. The summed E-state index contributed by atoms with van der Waals surface area (Å²) in [6.07, 6.45) is 3.41. The number of amides is 2. The molecule has 172 valence electrons. The number of carboxylic acid groups (broad SMARTS) is 2. The van der Waals surface area contributed by atoms with Gasteiger partial charge in [-0.15, -0.1) is 0 Å². The van der Waals surface area contributed by atoms with Gasteiger partial charge >= 0.3 is 18.0 Å². The third-order valence-corrected chi connectivity index (χ3v) is 5.12. The number of halogens is 1. The van der Waals surface area contributed by atoms with E-state index < -0.39 is 29.2 Å². The van der Waals surface area contributed by atoms with Crippen LogP contribution < -0.4 is 16.2 Å². The normalized spacial score (nSPS) is 10.7. The minimum atomic E-state index is -1.44. The molecule has 0 aliphatic rings. The van der Waals surface area contributed by atoms with E-state index in [1.54, 1.807) is 35.2 Å². The summed E-state index contributed by atoms with van der Waals surface area (Å²) >= 11 is 6.35. The summed E-state index contributed by atoms with van der Waals surface area (Å²) < 4.78 is 1.67. The van der Waals surface area contributed by atoms with Gasteiger partial charge in [0.2, 0.25) is 5.69 Å². The molecule has 0 atom stereocenters. The molecular weight excluding hydrogens is 466 g/mol. The minimum Gasteiger partial charge on any atom is -0.478 e. The molecule has 0 spiro atoms. The average molecular weight is 482 g/mol. The van der Waals surface area contributed by atoms with E-state index >= 15 is 0 Å². The second-order valence-electron chi connectivity index (χ2n) is 7.16. The summed E-state index contributed by atoms with van der Waals surface area (Å²) in [5, 5.41) is 23.7. The number of H-pyrrole nitrogens is 1. The number of anilines is 1. The molecule has 0 aliphatic heterocycles. The molecule has 12 heteroatoms. The number of rotatable bonds is 6. The summed E-state index contributed by atoms with van der Waals surface area (Å²) in [6.45, 7) is 0.164. The number of carboxylic acids is 2. The number of benzene rings is 2. The SMILES string of the molecule is O=C(NCc1ccn(-c2cc3nc(C(=O)O)c(=O)[nH]c3cc2Cl)c1)Nc1cccc(C(=O)O)c1. The highest BCUT2D eigenvalue weighted by Gasteiger charge is 2.15. The Morgan fingerprint density at radius 3 is 2.62 bits per heavy atom. The van der Waals surface area contributed by atoms with Gasteiger partial charge in [0.1, 0.15) is 0 Å². The zero-order chi connectivity index (χ0) is 24.4. The number of aromatic nitrogens is 3. The molecule has 2 aromatic heterocycles. The number of hydrogen-bond donors (Lipinski definition) is 5. The van der Waals surface area contributed by atoms with E-state index in [1.807, 2.05) is 0 Å². The van der Waals surface area contributed by atoms with Crippen molar-refractivity contribution in [3.63, 3.8) is 0 Å². The highest BCUT2D eigenvalue weighted by Crippen LogP contribution is 2.25. The van der Waals surface area contributed by atoms with Gasteiger partial charge in [-0.25, -0.2) is 19.4 Å². The number of hydrogen-bond acceptors (Lipinski definition) is 5. The smallest absolute Gasteiger partial charge is 0.360 e. The van der Waals surface area contributed by atoms with E-state index in [1.165, 1.54) is 24.3 Å². The van der Waals surface area contributed by atoms with Crippen LogP contribution in [0.25, 0.3) is 16.7 Å².